The van der Waals surface area contributed by atoms with Crippen LogP contribution in [0.5, 0.6) is 11.5 Å². The zero-order valence-corrected chi connectivity index (χ0v) is 16.1. The van der Waals surface area contributed by atoms with E-state index in [9.17, 15) is 8.42 Å². The van der Waals surface area contributed by atoms with Crippen LogP contribution >= 0.6 is 12.3 Å². The molecule has 142 valence electrons. The smallest absolute Gasteiger partial charge is 0.400 e. The minimum absolute atomic E-state index is 0.0813. The SMILES string of the molecule is CC(C)c1c(OSO)cc(-c2cnc3ccccc3c2)cc1OS(=O)(=O)O. The molecule has 0 fully saturated rings. The number of aromatic nitrogens is 1. The normalized spacial score (nSPS) is 11.7. The van der Waals surface area contributed by atoms with Gasteiger partial charge in [0.15, 0.2) is 5.75 Å². The van der Waals surface area contributed by atoms with Crippen molar-refractivity contribution < 1.29 is 25.9 Å². The Bertz CT molecular complexity index is 1080. The maximum atomic E-state index is 11.3. The van der Waals surface area contributed by atoms with Gasteiger partial charge in [0, 0.05) is 22.7 Å². The molecule has 0 aliphatic heterocycles. The molecule has 0 unspecified atom stereocenters. The highest BCUT2D eigenvalue weighted by molar-refractivity contribution is 7.89. The molecule has 0 amide bonds. The minimum atomic E-state index is -4.74. The first-order chi connectivity index (χ1) is 12.8. The summed E-state index contributed by atoms with van der Waals surface area (Å²) >= 11 is 0.136. The van der Waals surface area contributed by atoms with Crippen molar-refractivity contribution in [1.29, 1.82) is 0 Å². The van der Waals surface area contributed by atoms with Crippen LogP contribution in [0.1, 0.15) is 25.3 Å². The largest absolute Gasteiger partial charge is 0.446 e. The van der Waals surface area contributed by atoms with E-state index < -0.39 is 10.4 Å². The van der Waals surface area contributed by atoms with E-state index in [0.717, 1.165) is 10.9 Å². The first kappa shape index (κ1) is 19.4. The van der Waals surface area contributed by atoms with E-state index in [-0.39, 0.29) is 29.7 Å². The van der Waals surface area contributed by atoms with E-state index >= 15 is 0 Å². The average Bonchev–Trinajstić information content (AvgIpc) is 2.59. The summed E-state index contributed by atoms with van der Waals surface area (Å²) in [6.45, 7) is 3.61. The van der Waals surface area contributed by atoms with Crippen LogP contribution in [0.15, 0.2) is 48.7 Å². The van der Waals surface area contributed by atoms with Crippen molar-refractivity contribution in [3.05, 3.63) is 54.2 Å². The molecule has 1 aromatic heterocycles. The summed E-state index contributed by atoms with van der Waals surface area (Å²) in [4.78, 5) is 4.39. The fraction of sp³-hybridized carbons (Fsp3) is 0.167. The molecular formula is C18H17NO6S2. The monoisotopic (exact) mass is 407 g/mol. The van der Waals surface area contributed by atoms with Gasteiger partial charge in [-0.2, -0.15) is 8.42 Å². The molecule has 0 atom stereocenters. The van der Waals surface area contributed by atoms with E-state index in [2.05, 4.69) is 4.98 Å². The number of fused-ring (bicyclic) bond motifs is 1. The number of pyridine rings is 1. The lowest BCUT2D eigenvalue weighted by molar-refractivity contribution is 0.383. The summed E-state index contributed by atoms with van der Waals surface area (Å²) in [6, 6.07) is 12.6. The van der Waals surface area contributed by atoms with Crippen LogP contribution in [0.4, 0.5) is 0 Å². The van der Waals surface area contributed by atoms with Crippen LogP contribution in [0.25, 0.3) is 22.0 Å². The maximum absolute atomic E-state index is 11.3. The summed E-state index contributed by atoms with van der Waals surface area (Å²) in [6.07, 6.45) is 1.64. The third kappa shape index (κ3) is 4.51. The van der Waals surface area contributed by atoms with Gasteiger partial charge in [0.05, 0.1) is 5.52 Å². The molecule has 3 aromatic rings. The molecule has 0 aliphatic carbocycles. The van der Waals surface area contributed by atoms with Crippen LogP contribution in [0.3, 0.4) is 0 Å². The topological polar surface area (TPSA) is 106 Å². The van der Waals surface area contributed by atoms with Crippen molar-refractivity contribution in [3.8, 4) is 22.6 Å². The first-order valence-electron chi connectivity index (χ1n) is 7.96. The minimum Gasteiger partial charge on any atom is -0.400 e. The molecule has 0 radical (unpaired) electrons. The Balaban J connectivity index is 2.22. The van der Waals surface area contributed by atoms with E-state index in [1.807, 2.05) is 30.3 Å². The Morgan fingerprint density at radius 2 is 1.78 bits per heavy atom. The van der Waals surface area contributed by atoms with Crippen LogP contribution < -0.4 is 8.37 Å². The Morgan fingerprint density at radius 1 is 1.07 bits per heavy atom. The van der Waals surface area contributed by atoms with E-state index in [1.165, 1.54) is 6.07 Å². The molecule has 2 aromatic carbocycles. The van der Waals surface area contributed by atoms with Crippen molar-refractivity contribution in [2.24, 2.45) is 0 Å². The molecule has 0 bridgehead atoms. The average molecular weight is 407 g/mol. The quantitative estimate of drug-likeness (QED) is 0.447. The highest BCUT2D eigenvalue weighted by atomic mass is 32.3. The molecular weight excluding hydrogens is 390 g/mol. The zero-order valence-electron chi connectivity index (χ0n) is 14.5. The molecule has 0 saturated heterocycles. The Kier molecular flexibility index (Phi) is 5.56. The molecule has 9 heteroatoms. The summed E-state index contributed by atoms with van der Waals surface area (Å²) in [5.74, 6) is -0.0586. The van der Waals surface area contributed by atoms with Gasteiger partial charge in [-0.25, -0.2) is 0 Å². The van der Waals surface area contributed by atoms with Gasteiger partial charge in [-0.05, 0) is 35.7 Å². The van der Waals surface area contributed by atoms with Gasteiger partial charge in [0.2, 0.25) is 12.3 Å². The van der Waals surface area contributed by atoms with Gasteiger partial charge in [-0.1, -0.05) is 32.0 Å². The Morgan fingerprint density at radius 3 is 2.44 bits per heavy atom. The van der Waals surface area contributed by atoms with Gasteiger partial charge in [-0.15, -0.1) is 0 Å². The van der Waals surface area contributed by atoms with Gasteiger partial charge in [0.1, 0.15) is 5.75 Å². The fourth-order valence-electron chi connectivity index (χ4n) is 2.86. The van der Waals surface area contributed by atoms with E-state index in [4.69, 9.17) is 17.5 Å². The van der Waals surface area contributed by atoms with Crippen LogP contribution in [-0.2, 0) is 10.4 Å². The number of benzene rings is 2. The Labute approximate surface area is 161 Å². The second-order valence-corrected chi connectivity index (χ2v) is 7.46. The van der Waals surface area contributed by atoms with Gasteiger partial charge >= 0.3 is 10.4 Å². The number of nitrogens with zero attached hydrogens (tertiary/aromatic N) is 1. The molecule has 2 N–H and O–H groups in total. The lowest BCUT2D eigenvalue weighted by Crippen LogP contribution is -2.09. The molecule has 7 nitrogen and oxygen atoms in total. The zero-order chi connectivity index (χ0) is 19.6. The third-order valence-corrected chi connectivity index (χ3v) is 4.57. The van der Waals surface area contributed by atoms with E-state index in [0.29, 0.717) is 16.7 Å². The molecule has 27 heavy (non-hydrogen) atoms. The predicted octanol–water partition coefficient (Wildman–Crippen LogP) is 4.71. The summed E-state index contributed by atoms with van der Waals surface area (Å²) < 4.78 is 50.8. The molecule has 3 rings (SSSR count). The van der Waals surface area contributed by atoms with Crippen molar-refractivity contribution in [2.45, 2.75) is 19.8 Å². The van der Waals surface area contributed by atoms with Gasteiger partial charge < -0.3 is 8.37 Å². The van der Waals surface area contributed by atoms with Crippen molar-refractivity contribution in [2.75, 3.05) is 0 Å². The van der Waals surface area contributed by atoms with Crippen LogP contribution in [0, 0.1) is 0 Å². The number of hydrogen-bond donors (Lipinski definition) is 2. The summed E-state index contributed by atoms with van der Waals surface area (Å²) in [5, 5.41) is 0.902. The molecule has 0 spiro atoms. The highest BCUT2D eigenvalue weighted by Crippen LogP contribution is 2.41. The number of rotatable bonds is 6. The fourth-order valence-corrected chi connectivity index (χ4v) is 3.44. The van der Waals surface area contributed by atoms with Crippen molar-refractivity contribution in [1.82, 2.24) is 4.98 Å². The highest BCUT2D eigenvalue weighted by Gasteiger charge is 2.21. The van der Waals surface area contributed by atoms with Crippen LogP contribution in [0.2, 0.25) is 0 Å². The summed E-state index contributed by atoms with van der Waals surface area (Å²) in [7, 11) is -4.74. The summed E-state index contributed by atoms with van der Waals surface area (Å²) in [5.41, 5.74) is 2.46. The van der Waals surface area contributed by atoms with Gasteiger partial charge in [-0.3, -0.25) is 14.1 Å². The van der Waals surface area contributed by atoms with Crippen molar-refractivity contribution >= 4 is 33.6 Å². The standard InChI is InChI=1S/C18H17NO6S2/c1-11(2)18-16(24-26-20)8-13(9-17(18)25-27(21,22)23)14-7-12-5-3-4-6-15(12)19-10-14/h3-11,20H,1-2H3,(H,21,22,23). The second-order valence-electron chi connectivity index (χ2n) is 6.13. The number of hydrogen-bond acceptors (Lipinski definition) is 7. The lowest BCUT2D eigenvalue weighted by atomic mass is 9.96. The predicted molar refractivity (Wildman–Crippen MR) is 104 cm³/mol. The van der Waals surface area contributed by atoms with Gasteiger partial charge in [0.25, 0.3) is 0 Å². The molecule has 0 saturated carbocycles. The first-order valence-corrected chi connectivity index (χ1v) is 10.0. The Hall–Kier alpha value is -2.33. The third-order valence-electron chi connectivity index (χ3n) is 3.93. The lowest BCUT2D eigenvalue weighted by Gasteiger charge is -2.17. The molecule has 0 aliphatic rings. The number of para-hydroxylation sites is 1. The maximum Gasteiger partial charge on any atom is 0.446 e. The second kappa shape index (κ2) is 7.73. The van der Waals surface area contributed by atoms with E-state index in [1.54, 1.807) is 26.1 Å². The van der Waals surface area contributed by atoms with Crippen molar-refractivity contribution in [3.63, 3.8) is 0 Å². The molecule has 1 heterocycles. The van der Waals surface area contributed by atoms with Crippen LogP contribution in [-0.4, -0.2) is 22.5 Å².